The Morgan fingerprint density at radius 2 is 2.19 bits per heavy atom. The Morgan fingerprint density at radius 1 is 1.44 bits per heavy atom. The first-order valence-corrected chi connectivity index (χ1v) is 6.65. The minimum atomic E-state index is 0.194. The molecule has 0 aromatic carbocycles. The smallest absolute Gasteiger partial charge is 0.138 e. The van der Waals surface area contributed by atoms with Crippen molar-refractivity contribution in [3.63, 3.8) is 0 Å². The first-order chi connectivity index (χ1) is 7.53. The van der Waals surface area contributed by atoms with Crippen LogP contribution in [0.5, 0.6) is 0 Å². The van der Waals surface area contributed by atoms with Gasteiger partial charge in [-0.15, -0.1) is 11.3 Å². The molecule has 2 N–H and O–H groups in total. The van der Waals surface area contributed by atoms with Gasteiger partial charge in [0.05, 0.1) is 0 Å². The van der Waals surface area contributed by atoms with Gasteiger partial charge in [-0.2, -0.15) is 0 Å². The summed E-state index contributed by atoms with van der Waals surface area (Å²) in [6, 6.07) is 4.01. The predicted octanol–water partition coefficient (Wildman–Crippen LogP) is 3.01. The molecule has 0 aliphatic rings. The minimum absolute atomic E-state index is 0.194. The normalized spacial score (nSPS) is 11.7. The number of ketones is 1. The minimum Gasteiger partial charge on any atom is -0.330 e. The number of carbonyl (C=O) groups excluding carboxylic acids is 1. The molecule has 0 amide bonds. The fourth-order valence-electron chi connectivity index (χ4n) is 1.69. The lowest BCUT2D eigenvalue weighted by molar-refractivity contribution is -0.118. The second-order valence-electron chi connectivity index (χ2n) is 5.00. The molecule has 0 radical (unpaired) electrons. The lowest BCUT2D eigenvalue weighted by atomic mass is 9.83. The van der Waals surface area contributed by atoms with E-state index in [2.05, 4.69) is 13.8 Å². The van der Waals surface area contributed by atoms with E-state index in [-0.39, 0.29) is 5.41 Å². The van der Waals surface area contributed by atoms with Gasteiger partial charge in [-0.1, -0.05) is 19.9 Å². The van der Waals surface area contributed by atoms with E-state index in [9.17, 15) is 4.79 Å². The predicted molar refractivity (Wildman–Crippen MR) is 69.7 cm³/mol. The fraction of sp³-hybridized carbons (Fsp3) is 0.615. The molecule has 0 saturated carbocycles. The molecule has 0 spiro atoms. The van der Waals surface area contributed by atoms with Gasteiger partial charge in [0.25, 0.3) is 0 Å². The topological polar surface area (TPSA) is 43.1 Å². The summed E-state index contributed by atoms with van der Waals surface area (Å²) in [5.74, 6) is 0.340. The van der Waals surface area contributed by atoms with E-state index >= 15 is 0 Å². The third-order valence-corrected chi connectivity index (χ3v) is 3.73. The van der Waals surface area contributed by atoms with Crippen LogP contribution in [0.2, 0.25) is 0 Å². The van der Waals surface area contributed by atoms with Gasteiger partial charge in [0.1, 0.15) is 5.78 Å². The van der Waals surface area contributed by atoms with Crippen LogP contribution in [0.25, 0.3) is 0 Å². The number of Topliss-reactive ketones (excluding diaryl/α,β-unsaturated/α-hetero) is 1. The van der Waals surface area contributed by atoms with Gasteiger partial charge >= 0.3 is 0 Å². The third kappa shape index (κ3) is 4.90. The highest BCUT2D eigenvalue weighted by atomic mass is 32.1. The number of hydrogen-bond donors (Lipinski definition) is 1. The van der Waals surface area contributed by atoms with Crippen molar-refractivity contribution in [3.8, 4) is 0 Å². The number of carbonyl (C=O) groups is 1. The Hall–Kier alpha value is -0.670. The maximum atomic E-state index is 11.7. The van der Waals surface area contributed by atoms with Crippen LogP contribution in [0.1, 0.15) is 38.0 Å². The maximum Gasteiger partial charge on any atom is 0.138 e. The van der Waals surface area contributed by atoms with E-state index < -0.39 is 0 Å². The van der Waals surface area contributed by atoms with Crippen molar-refractivity contribution in [1.82, 2.24) is 0 Å². The summed E-state index contributed by atoms with van der Waals surface area (Å²) in [6.45, 7) is 5.06. The Bertz CT molecular complexity index is 317. The quantitative estimate of drug-likeness (QED) is 0.795. The Balaban J connectivity index is 2.30. The number of nitrogens with two attached hydrogens (primary N) is 1. The van der Waals surface area contributed by atoms with Crippen LogP contribution in [-0.4, -0.2) is 12.3 Å². The molecule has 1 heterocycles. The van der Waals surface area contributed by atoms with Crippen molar-refractivity contribution in [2.75, 3.05) is 6.54 Å². The summed E-state index contributed by atoms with van der Waals surface area (Å²) in [5, 5.41) is 2.01. The SMILES string of the molecule is CC(C)(CCN)CCC(=O)Cc1cccs1. The molecule has 3 heteroatoms. The summed E-state index contributed by atoms with van der Waals surface area (Å²) in [5.41, 5.74) is 5.74. The highest BCUT2D eigenvalue weighted by Crippen LogP contribution is 2.26. The second-order valence-corrected chi connectivity index (χ2v) is 6.03. The molecule has 0 bridgehead atoms. The third-order valence-electron chi connectivity index (χ3n) is 2.85. The Morgan fingerprint density at radius 3 is 2.75 bits per heavy atom. The van der Waals surface area contributed by atoms with Gasteiger partial charge in [0.15, 0.2) is 0 Å². The zero-order valence-electron chi connectivity index (χ0n) is 10.2. The molecule has 1 aromatic rings. The maximum absolute atomic E-state index is 11.7. The number of thiophene rings is 1. The van der Waals surface area contributed by atoms with Crippen molar-refractivity contribution in [3.05, 3.63) is 22.4 Å². The van der Waals surface area contributed by atoms with E-state index in [0.29, 0.717) is 25.2 Å². The van der Waals surface area contributed by atoms with E-state index in [1.54, 1.807) is 11.3 Å². The molecule has 0 unspecified atom stereocenters. The van der Waals surface area contributed by atoms with E-state index in [1.165, 1.54) is 4.88 Å². The molecule has 1 aromatic heterocycles. The van der Waals surface area contributed by atoms with E-state index in [0.717, 1.165) is 12.8 Å². The van der Waals surface area contributed by atoms with Crippen LogP contribution in [0.15, 0.2) is 17.5 Å². The van der Waals surface area contributed by atoms with Gasteiger partial charge in [-0.25, -0.2) is 0 Å². The molecule has 0 saturated heterocycles. The Kier molecular flexibility index (Phi) is 5.16. The monoisotopic (exact) mass is 239 g/mol. The van der Waals surface area contributed by atoms with E-state index in [1.807, 2.05) is 17.5 Å². The molecule has 2 nitrogen and oxygen atoms in total. The van der Waals surface area contributed by atoms with Crippen LogP contribution < -0.4 is 5.73 Å². The van der Waals surface area contributed by atoms with Crippen LogP contribution in [-0.2, 0) is 11.2 Å². The molecule has 0 fully saturated rings. The van der Waals surface area contributed by atoms with Gasteiger partial charge in [0, 0.05) is 17.7 Å². The summed E-state index contributed by atoms with van der Waals surface area (Å²) < 4.78 is 0. The standard InChI is InChI=1S/C13H21NOS/c1-13(2,7-8-14)6-5-11(15)10-12-4-3-9-16-12/h3-4,9H,5-8,10,14H2,1-2H3. The zero-order chi connectivity index (χ0) is 12.0. The molecule has 0 aliphatic heterocycles. The highest BCUT2D eigenvalue weighted by Gasteiger charge is 2.18. The highest BCUT2D eigenvalue weighted by molar-refractivity contribution is 7.10. The van der Waals surface area contributed by atoms with Crippen molar-refractivity contribution >= 4 is 17.1 Å². The van der Waals surface area contributed by atoms with Crippen LogP contribution in [0.3, 0.4) is 0 Å². The lowest BCUT2D eigenvalue weighted by Crippen LogP contribution is -2.18. The molecular formula is C13H21NOS. The summed E-state index contributed by atoms with van der Waals surface area (Å²) >= 11 is 1.65. The zero-order valence-corrected chi connectivity index (χ0v) is 11.0. The summed E-state index contributed by atoms with van der Waals surface area (Å²) in [7, 11) is 0. The molecule has 0 aliphatic carbocycles. The summed E-state index contributed by atoms with van der Waals surface area (Å²) in [6.07, 6.45) is 3.19. The van der Waals surface area contributed by atoms with Crippen LogP contribution in [0, 0.1) is 5.41 Å². The average molecular weight is 239 g/mol. The first kappa shape index (κ1) is 13.4. The van der Waals surface area contributed by atoms with Crippen molar-refractivity contribution < 1.29 is 4.79 Å². The largest absolute Gasteiger partial charge is 0.330 e. The lowest BCUT2D eigenvalue weighted by Gasteiger charge is -2.23. The van der Waals surface area contributed by atoms with Crippen LogP contribution >= 0.6 is 11.3 Å². The molecule has 16 heavy (non-hydrogen) atoms. The van der Waals surface area contributed by atoms with E-state index in [4.69, 9.17) is 5.73 Å². The van der Waals surface area contributed by atoms with Gasteiger partial charge in [-0.05, 0) is 36.2 Å². The first-order valence-electron chi connectivity index (χ1n) is 5.78. The number of rotatable bonds is 7. The van der Waals surface area contributed by atoms with Crippen molar-refractivity contribution in [1.29, 1.82) is 0 Å². The fourth-order valence-corrected chi connectivity index (χ4v) is 2.42. The summed E-state index contributed by atoms with van der Waals surface area (Å²) in [4.78, 5) is 12.9. The average Bonchev–Trinajstić information content (AvgIpc) is 2.68. The molecule has 0 atom stereocenters. The van der Waals surface area contributed by atoms with Gasteiger partial charge in [-0.3, -0.25) is 4.79 Å². The molecular weight excluding hydrogens is 218 g/mol. The Labute approximate surface area is 102 Å². The molecule has 90 valence electrons. The van der Waals surface area contributed by atoms with Gasteiger partial charge < -0.3 is 5.73 Å². The van der Waals surface area contributed by atoms with Crippen molar-refractivity contribution in [2.45, 2.75) is 39.5 Å². The second kappa shape index (κ2) is 6.16. The molecule has 1 rings (SSSR count). The van der Waals surface area contributed by atoms with Crippen molar-refractivity contribution in [2.24, 2.45) is 11.1 Å². The van der Waals surface area contributed by atoms with Crippen LogP contribution in [0.4, 0.5) is 0 Å². The number of hydrogen-bond acceptors (Lipinski definition) is 3. The van der Waals surface area contributed by atoms with Gasteiger partial charge in [0.2, 0.25) is 0 Å².